The van der Waals surface area contributed by atoms with Crippen molar-refractivity contribution >= 4 is 11.8 Å². The maximum absolute atomic E-state index is 12.1. The van der Waals surface area contributed by atoms with Gasteiger partial charge in [-0.1, -0.05) is 29.8 Å². The molecule has 0 saturated carbocycles. The Balaban J connectivity index is 1.94. The van der Waals surface area contributed by atoms with Gasteiger partial charge >= 0.3 is 0 Å². The minimum Gasteiger partial charge on any atom is -0.350 e. The van der Waals surface area contributed by atoms with Crippen molar-refractivity contribution in [2.24, 2.45) is 5.73 Å². The molecule has 2 unspecified atom stereocenters. The molecule has 1 aliphatic heterocycles. The molecule has 1 aliphatic rings. The number of carbonyl (C=O) groups is 2. The first-order valence-corrected chi connectivity index (χ1v) is 6.84. The fourth-order valence-electron chi connectivity index (χ4n) is 2.35. The number of aryl methyl sites for hydroxylation is 1. The van der Waals surface area contributed by atoms with E-state index in [9.17, 15) is 9.59 Å². The average molecular weight is 275 g/mol. The Morgan fingerprint density at radius 2 is 2.05 bits per heavy atom. The summed E-state index contributed by atoms with van der Waals surface area (Å²) in [6.45, 7) is 2.54. The van der Waals surface area contributed by atoms with E-state index in [1.165, 1.54) is 0 Å². The summed E-state index contributed by atoms with van der Waals surface area (Å²) in [7, 11) is 1.75. The third-order valence-corrected chi connectivity index (χ3v) is 3.69. The molecule has 2 rings (SSSR count). The Bertz CT molecular complexity index is 498. The van der Waals surface area contributed by atoms with Crippen LogP contribution in [-0.2, 0) is 9.59 Å². The first-order valence-electron chi connectivity index (χ1n) is 6.84. The zero-order valence-corrected chi connectivity index (χ0v) is 11.9. The number of rotatable bonds is 3. The second kappa shape index (κ2) is 6.05. The molecule has 2 atom stereocenters. The molecule has 5 heteroatoms. The highest BCUT2D eigenvalue weighted by atomic mass is 16.2. The highest BCUT2D eigenvalue weighted by Crippen LogP contribution is 2.14. The van der Waals surface area contributed by atoms with Crippen molar-refractivity contribution in [3.63, 3.8) is 0 Å². The van der Waals surface area contributed by atoms with Crippen LogP contribution >= 0.6 is 0 Å². The van der Waals surface area contributed by atoms with Gasteiger partial charge in [-0.15, -0.1) is 0 Å². The lowest BCUT2D eigenvalue weighted by Crippen LogP contribution is -2.50. The first-order chi connectivity index (χ1) is 9.47. The predicted molar refractivity (Wildman–Crippen MR) is 76.9 cm³/mol. The summed E-state index contributed by atoms with van der Waals surface area (Å²) in [6, 6.07) is 6.94. The van der Waals surface area contributed by atoms with Crippen LogP contribution in [0.15, 0.2) is 24.3 Å². The van der Waals surface area contributed by atoms with E-state index in [2.05, 4.69) is 5.32 Å². The molecule has 1 aromatic carbocycles. The Morgan fingerprint density at radius 1 is 1.40 bits per heavy atom. The molecule has 1 aromatic rings. The van der Waals surface area contributed by atoms with Crippen LogP contribution in [0.5, 0.6) is 0 Å². The highest BCUT2D eigenvalue weighted by molar-refractivity contribution is 5.83. The van der Waals surface area contributed by atoms with Crippen LogP contribution in [0, 0.1) is 6.92 Å². The van der Waals surface area contributed by atoms with Crippen molar-refractivity contribution in [3.8, 4) is 0 Å². The molecule has 0 spiro atoms. The average Bonchev–Trinajstić information content (AvgIpc) is 2.43. The van der Waals surface area contributed by atoms with Crippen molar-refractivity contribution in [1.82, 2.24) is 10.2 Å². The molecule has 1 saturated heterocycles. The molecule has 1 heterocycles. The lowest BCUT2D eigenvalue weighted by molar-refractivity contribution is -0.134. The van der Waals surface area contributed by atoms with Gasteiger partial charge in [0.25, 0.3) is 0 Å². The van der Waals surface area contributed by atoms with E-state index >= 15 is 0 Å². The number of nitrogens with one attached hydrogen (secondary N) is 1. The number of nitrogens with two attached hydrogens (primary N) is 1. The first kappa shape index (κ1) is 14.5. The normalized spacial score (nSPS) is 20.6. The molecule has 2 amide bonds. The maximum Gasteiger partial charge on any atom is 0.241 e. The molecule has 20 heavy (non-hydrogen) atoms. The molecule has 108 valence electrons. The molecule has 0 radical (unpaired) electrons. The number of amides is 2. The van der Waals surface area contributed by atoms with Gasteiger partial charge in [0.15, 0.2) is 0 Å². The van der Waals surface area contributed by atoms with E-state index in [0.29, 0.717) is 19.4 Å². The smallest absolute Gasteiger partial charge is 0.241 e. The number of hydrogen-bond donors (Lipinski definition) is 2. The Morgan fingerprint density at radius 3 is 2.65 bits per heavy atom. The molecule has 0 aliphatic carbocycles. The summed E-state index contributed by atoms with van der Waals surface area (Å²) >= 11 is 0. The summed E-state index contributed by atoms with van der Waals surface area (Å²) < 4.78 is 0. The number of nitrogens with zero attached hydrogens (tertiary/aromatic N) is 1. The van der Waals surface area contributed by atoms with Crippen molar-refractivity contribution in [3.05, 3.63) is 35.4 Å². The van der Waals surface area contributed by atoms with Crippen LogP contribution in [0.2, 0.25) is 0 Å². The fourth-order valence-corrected chi connectivity index (χ4v) is 2.35. The van der Waals surface area contributed by atoms with E-state index in [4.69, 9.17) is 5.73 Å². The predicted octanol–water partition coefficient (Wildman–Crippen LogP) is 0.732. The lowest BCUT2D eigenvalue weighted by Gasteiger charge is -2.30. The Labute approximate surface area is 119 Å². The Kier molecular flexibility index (Phi) is 4.39. The summed E-state index contributed by atoms with van der Waals surface area (Å²) in [5.41, 5.74) is 7.91. The fraction of sp³-hybridized carbons (Fsp3) is 0.467. The van der Waals surface area contributed by atoms with Gasteiger partial charge in [-0.05, 0) is 18.9 Å². The van der Waals surface area contributed by atoms with Gasteiger partial charge in [0.1, 0.15) is 6.04 Å². The molecule has 3 N–H and O–H groups in total. The van der Waals surface area contributed by atoms with Crippen molar-refractivity contribution < 1.29 is 9.59 Å². The summed E-state index contributed by atoms with van der Waals surface area (Å²) in [6.07, 6.45) is 1.15. The molecular formula is C15H21N3O2. The van der Waals surface area contributed by atoms with Crippen molar-refractivity contribution in [2.45, 2.75) is 31.8 Å². The standard InChI is InChI=1S/C15H21N3O2/c1-10-3-5-11(6-4-10)14(16)15(20)17-12-7-8-13(19)18(2)9-12/h3-6,12,14H,7-9,16H2,1-2H3,(H,17,20). The van der Waals surface area contributed by atoms with Crippen LogP contribution in [0.1, 0.15) is 30.0 Å². The summed E-state index contributed by atoms with van der Waals surface area (Å²) in [5.74, 6) is -0.0695. The van der Waals surface area contributed by atoms with Gasteiger partial charge in [0, 0.05) is 26.1 Å². The van der Waals surface area contributed by atoms with Gasteiger partial charge in [-0.3, -0.25) is 9.59 Å². The minimum absolute atomic E-state index is 0.0123. The molecule has 5 nitrogen and oxygen atoms in total. The molecule has 0 bridgehead atoms. The topological polar surface area (TPSA) is 75.4 Å². The maximum atomic E-state index is 12.1. The third-order valence-electron chi connectivity index (χ3n) is 3.69. The van der Waals surface area contributed by atoms with Crippen molar-refractivity contribution in [2.75, 3.05) is 13.6 Å². The van der Waals surface area contributed by atoms with Gasteiger partial charge < -0.3 is 16.0 Å². The zero-order valence-electron chi connectivity index (χ0n) is 11.9. The van der Waals surface area contributed by atoms with Crippen LogP contribution in [-0.4, -0.2) is 36.3 Å². The third kappa shape index (κ3) is 3.36. The van der Waals surface area contributed by atoms with Crippen LogP contribution < -0.4 is 11.1 Å². The summed E-state index contributed by atoms with van der Waals surface area (Å²) in [4.78, 5) is 25.2. The largest absolute Gasteiger partial charge is 0.350 e. The minimum atomic E-state index is -0.668. The second-order valence-electron chi connectivity index (χ2n) is 5.41. The van der Waals surface area contributed by atoms with E-state index in [1.54, 1.807) is 11.9 Å². The number of benzene rings is 1. The van der Waals surface area contributed by atoms with E-state index in [-0.39, 0.29) is 17.9 Å². The number of likely N-dealkylation sites (tertiary alicyclic amines) is 1. The summed E-state index contributed by atoms with van der Waals surface area (Å²) in [5, 5.41) is 2.92. The number of piperidine rings is 1. The SMILES string of the molecule is Cc1ccc(C(N)C(=O)NC2CCC(=O)N(C)C2)cc1. The van der Waals surface area contributed by atoms with Gasteiger partial charge in [-0.2, -0.15) is 0 Å². The van der Waals surface area contributed by atoms with Crippen molar-refractivity contribution in [1.29, 1.82) is 0 Å². The number of likely N-dealkylation sites (N-methyl/N-ethyl adjacent to an activating group) is 1. The van der Waals surface area contributed by atoms with Gasteiger partial charge in [0.05, 0.1) is 0 Å². The number of hydrogen-bond acceptors (Lipinski definition) is 3. The van der Waals surface area contributed by atoms with E-state index in [1.807, 2.05) is 31.2 Å². The second-order valence-corrected chi connectivity index (χ2v) is 5.41. The zero-order chi connectivity index (χ0) is 14.7. The molecule has 1 fully saturated rings. The quantitative estimate of drug-likeness (QED) is 0.854. The molecule has 0 aromatic heterocycles. The monoisotopic (exact) mass is 275 g/mol. The Hall–Kier alpha value is -1.88. The van der Waals surface area contributed by atoms with Gasteiger partial charge in [-0.25, -0.2) is 0 Å². The molecular weight excluding hydrogens is 254 g/mol. The van der Waals surface area contributed by atoms with E-state index < -0.39 is 6.04 Å². The van der Waals surface area contributed by atoms with Crippen LogP contribution in [0.4, 0.5) is 0 Å². The lowest BCUT2D eigenvalue weighted by atomic mass is 10.0. The van der Waals surface area contributed by atoms with Crippen LogP contribution in [0.3, 0.4) is 0 Å². The van der Waals surface area contributed by atoms with Gasteiger partial charge in [0.2, 0.25) is 11.8 Å². The van der Waals surface area contributed by atoms with Crippen LogP contribution in [0.25, 0.3) is 0 Å². The highest BCUT2D eigenvalue weighted by Gasteiger charge is 2.26. The van der Waals surface area contributed by atoms with E-state index in [0.717, 1.165) is 11.1 Å². The number of carbonyl (C=O) groups excluding carboxylic acids is 2.